The fourth-order valence-corrected chi connectivity index (χ4v) is 3.81. The van der Waals surface area contributed by atoms with E-state index >= 15 is 0 Å². The lowest BCUT2D eigenvalue weighted by molar-refractivity contribution is 0.446. The molecule has 2 aromatic heterocycles. The van der Waals surface area contributed by atoms with Crippen molar-refractivity contribution in [2.24, 2.45) is 4.99 Å². The van der Waals surface area contributed by atoms with Crippen molar-refractivity contribution in [2.75, 3.05) is 7.05 Å². The summed E-state index contributed by atoms with van der Waals surface area (Å²) in [6, 6.07) is 4.20. The van der Waals surface area contributed by atoms with E-state index < -0.39 is 11.6 Å². The molecule has 0 spiro atoms. The number of pyridine rings is 1. The van der Waals surface area contributed by atoms with Gasteiger partial charge in [0, 0.05) is 18.8 Å². The van der Waals surface area contributed by atoms with E-state index in [0.29, 0.717) is 16.5 Å². The minimum atomic E-state index is -0.709. The maximum absolute atomic E-state index is 14.9. The summed E-state index contributed by atoms with van der Waals surface area (Å²) >= 11 is 0. The summed E-state index contributed by atoms with van der Waals surface area (Å²) in [6.07, 6.45) is 11.7. The average Bonchev–Trinajstić information content (AvgIpc) is 3.12. The van der Waals surface area contributed by atoms with Crippen LogP contribution in [0.4, 0.5) is 8.78 Å². The van der Waals surface area contributed by atoms with Gasteiger partial charge in [-0.3, -0.25) is 19.3 Å². The molecular formula is C22H17F2N5O. The van der Waals surface area contributed by atoms with Gasteiger partial charge in [0.15, 0.2) is 0 Å². The number of likely N-dealkylation sites (N-methyl/N-ethyl adjacent to an activating group) is 1. The van der Waals surface area contributed by atoms with Crippen molar-refractivity contribution in [2.45, 2.75) is 18.6 Å². The van der Waals surface area contributed by atoms with Crippen molar-refractivity contribution in [3.8, 4) is 0 Å². The van der Waals surface area contributed by atoms with E-state index in [1.807, 2.05) is 30.2 Å². The third-order valence-electron chi connectivity index (χ3n) is 5.49. The van der Waals surface area contributed by atoms with Gasteiger partial charge in [0.2, 0.25) is 0 Å². The number of hydrogen-bond acceptors (Lipinski definition) is 5. The normalized spacial score (nSPS) is 20.0. The summed E-state index contributed by atoms with van der Waals surface area (Å²) in [5.41, 5.74) is 1.05. The molecule has 0 amide bonds. The van der Waals surface area contributed by atoms with Crippen LogP contribution in [0.2, 0.25) is 0 Å². The van der Waals surface area contributed by atoms with Crippen molar-refractivity contribution < 1.29 is 8.78 Å². The van der Waals surface area contributed by atoms with Crippen LogP contribution in [0, 0.1) is 11.6 Å². The van der Waals surface area contributed by atoms with Crippen LogP contribution >= 0.6 is 0 Å². The van der Waals surface area contributed by atoms with E-state index in [9.17, 15) is 13.6 Å². The summed E-state index contributed by atoms with van der Waals surface area (Å²) < 4.78 is 30.9. The first-order valence-corrected chi connectivity index (χ1v) is 9.44. The summed E-state index contributed by atoms with van der Waals surface area (Å²) in [5.74, 6) is -1.42. The Kier molecular flexibility index (Phi) is 4.27. The van der Waals surface area contributed by atoms with Gasteiger partial charge in [-0.05, 0) is 29.3 Å². The lowest BCUT2D eigenvalue weighted by Crippen LogP contribution is -2.32. The molecule has 1 aliphatic heterocycles. The number of hydrogen-bond donors (Lipinski definition) is 0. The van der Waals surface area contributed by atoms with Crippen LogP contribution in [0.3, 0.4) is 0 Å². The highest BCUT2D eigenvalue weighted by molar-refractivity contribution is 5.78. The molecule has 2 atom stereocenters. The largest absolute Gasteiger partial charge is 0.357 e. The van der Waals surface area contributed by atoms with Crippen molar-refractivity contribution in [1.29, 1.82) is 0 Å². The minimum absolute atomic E-state index is 0.0233. The standard InChI is InChI=1S/C22H17F2N5O/c1-28-11-26-19-3-2-13(8-21(19)28)14-6-17(23)16(18(24)7-14)10-29-12-27-20-9-25-5-4-15(20)22(29)30/h2-9,11-12,19,21H,10H2,1H3. The average molecular weight is 405 g/mol. The second-order valence-electron chi connectivity index (χ2n) is 7.38. The predicted molar refractivity (Wildman–Crippen MR) is 110 cm³/mol. The molecule has 0 saturated heterocycles. The van der Waals surface area contributed by atoms with Gasteiger partial charge < -0.3 is 4.90 Å². The Bertz CT molecular complexity index is 1290. The molecule has 3 aromatic rings. The van der Waals surface area contributed by atoms with Gasteiger partial charge in [0.1, 0.15) is 11.6 Å². The number of nitrogens with zero attached hydrogens (tertiary/aromatic N) is 5. The number of rotatable bonds is 3. The summed E-state index contributed by atoms with van der Waals surface area (Å²) in [5, 5.41) is 0.347. The highest BCUT2D eigenvalue weighted by atomic mass is 19.1. The topological polar surface area (TPSA) is 63.4 Å². The Morgan fingerprint density at radius 3 is 2.80 bits per heavy atom. The van der Waals surface area contributed by atoms with Crippen LogP contribution in [0.1, 0.15) is 11.1 Å². The van der Waals surface area contributed by atoms with Gasteiger partial charge in [-0.1, -0.05) is 18.2 Å². The summed E-state index contributed by atoms with van der Waals surface area (Å²) in [6.45, 7) is -0.252. The lowest BCUT2D eigenvalue weighted by atomic mass is 9.93. The van der Waals surface area contributed by atoms with Crippen LogP contribution in [-0.4, -0.2) is 44.9 Å². The Labute approximate surface area is 170 Å². The Balaban J connectivity index is 1.49. The number of fused-ring (bicyclic) bond motifs is 2. The molecule has 5 rings (SSSR count). The fraction of sp³-hybridized carbons (Fsp3) is 0.182. The van der Waals surface area contributed by atoms with Crippen LogP contribution in [0.15, 0.2) is 64.9 Å². The van der Waals surface area contributed by atoms with E-state index in [-0.39, 0.29) is 29.8 Å². The van der Waals surface area contributed by atoms with Gasteiger partial charge in [-0.2, -0.15) is 0 Å². The van der Waals surface area contributed by atoms with Crippen molar-refractivity contribution in [3.05, 3.63) is 88.3 Å². The molecule has 0 fully saturated rings. The van der Waals surface area contributed by atoms with Crippen molar-refractivity contribution >= 4 is 22.8 Å². The smallest absolute Gasteiger partial charge is 0.261 e. The number of aromatic nitrogens is 3. The number of benzene rings is 1. The first-order valence-electron chi connectivity index (χ1n) is 9.44. The van der Waals surface area contributed by atoms with Gasteiger partial charge >= 0.3 is 0 Å². The van der Waals surface area contributed by atoms with Crippen molar-refractivity contribution in [3.63, 3.8) is 0 Å². The molecule has 1 aliphatic carbocycles. The van der Waals surface area contributed by atoms with Gasteiger partial charge in [0.05, 0.1) is 48.4 Å². The lowest BCUT2D eigenvalue weighted by Gasteiger charge is -2.24. The maximum Gasteiger partial charge on any atom is 0.261 e. The SMILES string of the molecule is CN1C=NC2C=CC(c3cc(F)c(Cn4cnc5cnccc5c4=O)c(F)c3)=CC21. The zero-order valence-corrected chi connectivity index (χ0v) is 16.0. The highest BCUT2D eigenvalue weighted by Gasteiger charge is 2.27. The van der Waals surface area contributed by atoms with E-state index in [4.69, 9.17) is 0 Å². The number of allylic oxidation sites excluding steroid dienone is 2. The molecule has 2 unspecified atom stereocenters. The Morgan fingerprint density at radius 1 is 1.20 bits per heavy atom. The van der Waals surface area contributed by atoms with E-state index in [0.717, 1.165) is 5.57 Å². The zero-order valence-electron chi connectivity index (χ0n) is 16.0. The third-order valence-corrected chi connectivity index (χ3v) is 5.49. The van der Waals surface area contributed by atoms with Crippen molar-refractivity contribution in [1.82, 2.24) is 19.4 Å². The first-order chi connectivity index (χ1) is 14.5. The second kappa shape index (κ2) is 6.98. The minimum Gasteiger partial charge on any atom is -0.357 e. The molecule has 0 saturated carbocycles. The molecule has 0 N–H and O–H groups in total. The maximum atomic E-state index is 14.9. The molecule has 0 radical (unpaired) electrons. The van der Waals surface area contributed by atoms with E-state index in [1.165, 1.54) is 41.5 Å². The molecule has 150 valence electrons. The summed E-state index contributed by atoms with van der Waals surface area (Å²) in [7, 11) is 1.91. The predicted octanol–water partition coefficient (Wildman–Crippen LogP) is 2.78. The Morgan fingerprint density at radius 2 is 2.00 bits per heavy atom. The van der Waals surface area contributed by atoms with E-state index in [1.54, 1.807) is 6.34 Å². The first kappa shape index (κ1) is 18.4. The molecule has 8 heteroatoms. The Hall–Kier alpha value is -3.68. The van der Waals surface area contributed by atoms with Gasteiger partial charge in [-0.15, -0.1) is 0 Å². The molecule has 2 aliphatic rings. The highest BCUT2D eigenvalue weighted by Crippen LogP contribution is 2.29. The summed E-state index contributed by atoms with van der Waals surface area (Å²) in [4.78, 5) is 27.0. The monoisotopic (exact) mass is 405 g/mol. The molecule has 1 aromatic carbocycles. The number of halogens is 2. The van der Waals surface area contributed by atoms with E-state index in [2.05, 4.69) is 15.0 Å². The second-order valence-corrected chi connectivity index (χ2v) is 7.38. The third kappa shape index (κ3) is 3.01. The molecule has 0 bridgehead atoms. The van der Waals surface area contributed by atoms with Crippen LogP contribution in [-0.2, 0) is 6.54 Å². The zero-order chi connectivity index (χ0) is 20.8. The molecule has 3 heterocycles. The van der Waals surface area contributed by atoms with Gasteiger partial charge in [-0.25, -0.2) is 13.8 Å². The molecular weight excluding hydrogens is 388 g/mol. The molecule has 30 heavy (non-hydrogen) atoms. The number of aliphatic imine (C=N–C) groups is 1. The quantitative estimate of drug-likeness (QED) is 0.672. The fourth-order valence-electron chi connectivity index (χ4n) is 3.81. The van der Waals surface area contributed by atoms with Crippen LogP contribution in [0.25, 0.3) is 16.5 Å². The van der Waals surface area contributed by atoms with Gasteiger partial charge in [0.25, 0.3) is 5.56 Å². The van der Waals surface area contributed by atoms with Crippen LogP contribution < -0.4 is 5.56 Å². The van der Waals surface area contributed by atoms with Crippen LogP contribution in [0.5, 0.6) is 0 Å². The molecule has 6 nitrogen and oxygen atoms in total.